The third kappa shape index (κ3) is 2.88. The summed E-state index contributed by atoms with van der Waals surface area (Å²) in [6.07, 6.45) is 2.36. The Morgan fingerprint density at radius 2 is 2.42 bits per heavy atom. The van der Waals surface area contributed by atoms with E-state index in [0.717, 1.165) is 5.56 Å². The molecule has 0 radical (unpaired) electrons. The number of aromatic nitrogens is 1. The van der Waals surface area contributed by atoms with Crippen molar-refractivity contribution in [2.24, 2.45) is 0 Å². The molecule has 1 aromatic rings. The number of ether oxygens (including phenoxy) is 1. The van der Waals surface area contributed by atoms with Gasteiger partial charge in [-0.15, -0.1) is 0 Å². The molecule has 0 aliphatic carbocycles. The number of aliphatic hydroxyl groups is 1. The zero-order chi connectivity index (χ0) is 8.81. The number of hydrogen-bond acceptors (Lipinski definition) is 3. The van der Waals surface area contributed by atoms with Crippen molar-refractivity contribution < 1.29 is 9.84 Å². The van der Waals surface area contributed by atoms with E-state index in [-0.39, 0.29) is 6.61 Å². The maximum atomic E-state index is 8.50. The van der Waals surface area contributed by atoms with Crippen molar-refractivity contribution in [3.05, 3.63) is 23.9 Å². The lowest BCUT2D eigenvalue weighted by atomic mass is 10.3. The Hall–Kier alpha value is -1.09. The molecule has 0 saturated carbocycles. The molecule has 1 rings (SSSR count). The van der Waals surface area contributed by atoms with Gasteiger partial charge in [-0.05, 0) is 18.6 Å². The van der Waals surface area contributed by atoms with E-state index in [4.69, 9.17) is 9.84 Å². The van der Waals surface area contributed by atoms with Crippen LogP contribution >= 0.6 is 0 Å². The van der Waals surface area contributed by atoms with Crippen molar-refractivity contribution in [3.63, 3.8) is 0 Å². The second kappa shape index (κ2) is 4.72. The van der Waals surface area contributed by atoms with Crippen LogP contribution in [0.15, 0.2) is 18.3 Å². The fraction of sp³-hybridized carbons (Fsp3) is 0.444. The fourth-order valence-electron chi connectivity index (χ4n) is 0.829. The predicted octanol–water partition coefficient (Wildman–Crippen LogP) is 1.15. The fourth-order valence-corrected chi connectivity index (χ4v) is 0.829. The number of rotatable bonds is 4. The van der Waals surface area contributed by atoms with Crippen molar-refractivity contribution in [3.8, 4) is 5.88 Å². The molecule has 0 aromatic carbocycles. The molecule has 0 bridgehead atoms. The van der Waals surface area contributed by atoms with E-state index >= 15 is 0 Å². The van der Waals surface area contributed by atoms with Gasteiger partial charge in [0.05, 0.1) is 6.61 Å². The van der Waals surface area contributed by atoms with Gasteiger partial charge in [0.25, 0.3) is 0 Å². The summed E-state index contributed by atoms with van der Waals surface area (Å²) in [7, 11) is 0. The van der Waals surface area contributed by atoms with Gasteiger partial charge in [-0.2, -0.15) is 0 Å². The largest absolute Gasteiger partial charge is 0.478 e. The van der Waals surface area contributed by atoms with E-state index in [1.807, 2.05) is 19.1 Å². The summed E-state index contributed by atoms with van der Waals surface area (Å²) in [5.74, 6) is 0.628. The smallest absolute Gasteiger partial charge is 0.213 e. The molecule has 12 heavy (non-hydrogen) atoms. The van der Waals surface area contributed by atoms with Gasteiger partial charge in [0.15, 0.2) is 0 Å². The topological polar surface area (TPSA) is 42.4 Å². The summed E-state index contributed by atoms with van der Waals surface area (Å²) < 4.78 is 5.26. The monoisotopic (exact) mass is 167 g/mol. The summed E-state index contributed by atoms with van der Waals surface area (Å²) in [6, 6.07) is 3.79. The molecular formula is C9H13NO2. The van der Waals surface area contributed by atoms with Crippen molar-refractivity contribution in [2.75, 3.05) is 13.2 Å². The first-order chi connectivity index (χ1) is 5.83. The van der Waals surface area contributed by atoms with Crippen LogP contribution in [0.3, 0.4) is 0 Å². The van der Waals surface area contributed by atoms with Crippen LogP contribution in [-0.2, 0) is 0 Å². The van der Waals surface area contributed by atoms with Crippen LogP contribution in [0.2, 0.25) is 0 Å². The quantitative estimate of drug-likeness (QED) is 0.684. The van der Waals surface area contributed by atoms with Crippen LogP contribution in [0.4, 0.5) is 0 Å². The Morgan fingerprint density at radius 1 is 1.58 bits per heavy atom. The van der Waals surface area contributed by atoms with Crippen molar-refractivity contribution >= 4 is 0 Å². The maximum Gasteiger partial charge on any atom is 0.213 e. The highest BCUT2D eigenvalue weighted by molar-refractivity contribution is 5.18. The Balaban J connectivity index is 2.41. The van der Waals surface area contributed by atoms with Gasteiger partial charge in [-0.25, -0.2) is 4.98 Å². The van der Waals surface area contributed by atoms with E-state index < -0.39 is 0 Å². The van der Waals surface area contributed by atoms with Gasteiger partial charge in [0.2, 0.25) is 5.88 Å². The van der Waals surface area contributed by atoms with Gasteiger partial charge in [-0.3, -0.25) is 0 Å². The molecule has 3 heteroatoms. The van der Waals surface area contributed by atoms with Crippen LogP contribution in [0, 0.1) is 6.92 Å². The molecule has 0 saturated heterocycles. The second-order valence-corrected chi connectivity index (χ2v) is 2.60. The summed E-state index contributed by atoms with van der Waals surface area (Å²) in [5.41, 5.74) is 1.13. The molecule has 0 unspecified atom stereocenters. The maximum absolute atomic E-state index is 8.50. The normalized spacial score (nSPS) is 9.83. The van der Waals surface area contributed by atoms with E-state index in [2.05, 4.69) is 4.98 Å². The highest BCUT2D eigenvalue weighted by Crippen LogP contribution is 2.07. The summed E-state index contributed by atoms with van der Waals surface area (Å²) >= 11 is 0. The minimum absolute atomic E-state index is 0.159. The van der Waals surface area contributed by atoms with Crippen LogP contribution in [0.25, 0.3) is 0 Å². The number of nitrogens with zero attached hydrogens (tertiary/aromatic N) is 1. The summed E-state index contributed by atoms with van der Waals surface area (Å²) in [5, 5.41) is 8.50. The number of aryl methyl sites for hydroxylation is 1. The zero-order valence-corrected chi connectivity index (χ0v) is 7.16. The molecule has 0 atom stereocenters. The predicted molar refractivity (Wildman–Crippen MR) is 46.2 cm³/mol. The first-order valence-corrected chi connectivity index (χ1v) is 3.99. The highest BCUT2D eigenvalue weighted by Gasteiger charge is 1.93. The Labute approximate surface area is 72.0 Å². The summed E-state index contributed by atoms with van der Waals surface area (Å²) in [6.45, 7) is 2.67. The van der Waals surface area contributed by atoms with Gasteiger partial charge in [0, 0.05) is 25.3 Å². The number of aliphatic hydroxyl groups excluding tert-OH is 1. The van der Waals surface area contributed by atoms with E-state index in [9.17, 15) is 0 Å². The van der Waals surface area contributed by atoms with Crippen LogP contribution in [-0.4, -0.2) is 23.3 Å². The van der Waals surface area contributed by atoms with Gasteiger partial charge >= 0.3 is 0 Å². The minimum atomic E-state index is 0.159. The Morgan fingerprint density at radius 3 is 3.08 bits per heavy atom. The lowest BCUT2D eigenvalue weighted by molar-refractivity contribution is 0.229. The van der Waals surface area contributed by atoms with Gasteiger partial charge in [-0.1, -0.05) is 0 Å². The van der Waals surface area contributed by atoms with E-state index in [1.54, 1.807) is 6.20 Å². The van der Waals surface area contributed by atoms with Gasteiger partial charge < -0.3 is 9.84 Å². The standard InChI is InChI=1S/C9H13NO2/c1-8-3-4-10-9(7-8)12-6-2-5-11/h3-4,7,11H,2,5-6H2,1H3. The van der Waals surface area contributed by atoms with Crippen molar-refractivity contribution in [1.29, 1.82) is 0 Å². The van der Waals surface area contributed by atoms with Crippen LogP contribution in [0.5, 0.6) is 5.88 Å². The molecule has 1 N–H and O–H groups in total. The Bertz CT molecular complexity index is 238. The molecule has 66 valence electrons. The Kier molecular flexibility index (Phi) is 3.54. The number of pyridine rings is 1. The third-order valence-electron chi connectivity index (χ3n) is 1.44. The van der Waals surface area contributed by atoms with E-state index in [1.165, 1.54) is 0 Å². The third-order valence-corrected chi connectivity index (χ3v) is 1.44. The lowest BCUT2D eigenvalue weighted by Crippen LogP contribution is -2.00. The molecule has 0 aliphatic heterocycles. The second-order valence-electron chi connectivity index (χ2n) is 2.60. The SMILES string of the molecule is Cc1ccnc(OCCCO)c1. The van der Waals surface area contributed by atoms with E-state index in [0.29, 0.717) is 18.9 Å². The lowest BCUT2D eigenvalue weighted by Gasteiger charge is -2.03. The van der Waals surface area contributed by atoms with Crippen LogP contribution < -0.4 is 4.74 Å². The van der Waals surface area contributed by atoms with Gasteiger partial charge in [0.1, 0.15) is 0 Å². The van der Waals surface area contributed by atoms with Crippen molar-refractivity contribution in [1.82, 2.24) is 4.98 Å². The first kappa shape index (κ1) is 9.00. The molecule has 0 aliphatic rings. The zero-order valence-electron chi connectivity index (χ0n) is 7.16. The highest BCUT2D eigenvalue weighted by atomic mass is 16.5. The molecule has 1 heterocycles. The summed E-state index contributed by atoms with van der Waals surface area (Å²) in [4.78, 5) is 4.01. The molecule has 0 fully saturated rings. The van der Waals surface area contributed by atoms with Crippen LogP contribution in [0.1, 0.15) is 12.0 Å². The van der Waals surface area contributed by atoms with Crippen molar-refractivity contribution in [2.45, 2.75) is 13.3 Å². The number of hydrogen-bond donors (Lipinski definition) is 1. The molecule has 0 amide bonds. The average molecular weight is 167 g/mol. The molecule has 3 nitrogen and oxygen atoms in total. The molecular weight excluding hydrogens is 154 g/mol. The first-order valence-electron chi connectivity index (χ1n) is 3.99. The molecule has 1 aromatic heterocycles. The average Bonchev–Trinajstić information content (AvgIpc) is 2.05. The minimum Gasteiger partial charge on any atom is -0.478 e. The molecule has 0 spiro atoms.